The third-order valence-corrected chi connectivity index (χ3v) is 1.67. The minimum atomic E-state index is -1.07. The predicted octanol–water partition coefficient (Wildman–Crippen LogP) is -0.515. The molecule has 1 rings (SSSR count). The highest BCUT2D eigenvalue weighted by Gasteiger charge is 2.27. The second-order valence-electron chi connectivity index (χ2n) is 2.62. The van der Waals surface area contributed by atoms with Crippen LogP contribution in [0.4, 0.5) is 4.79 Å². The fourth-order valence-corrected chi connectivity index (χ4v) is 1.13. The molecule has 1 saturated heterocycles. The minimum Gasteiger partial charge on any atom is -0.465 e. The molecule has 0 radical (unpaired) electrons. The van der Waals surface area contributed by atoms with Crippen LogP contribution in [0.5, 0.6) is 0 Å². The number of rotatable bonds is 1. The third-order valence-electron chi connectivity index (χ3n) is 1.67. The maximum absolute atomic E-state index is 10.9. The minimum absolute atomic E-state index is 0.0104. The van der Waals surface area contributed by atoms with Crippen LogP contribution in [0.3, 0.4) is 0 Å². The van der Waals surface area contributed by atoms with E-state index in [2.05, 4.69) is 5.32 Å². The van der Waals surface area contributed by atoms with Gasteiger partial charge in [-0.2, -0.15) is 0 Å². The van der Waals surface area contributed by atoms with Crippen LogP contribution in [-0.2, 0) is 4.79 Å². The molecule has 1 atom stereocenters. The van der Waals surface area contributed by atoms with E-state index in [1.807, 2.05) is 0 Å². The van der Waals surface area contributed by atoms with E-state index in [0.29, 0.717) is 6.54 Å². The molecule has 0 aliphatic carbocycles. The molecule has 1 aliphatic heterocycles. The lowest BCUT2D eigenvalue weighted by Crippen LogP contribution is -2.35. The SMILES string of the molecule is CN1C[C@@H](NC(=O)O)CC1=O. The van der Waals surface area contributed by atoms with E-state index in [1.165, 1.54) is 4.90 Å². The molecule has 0 saturated carbocycles. The topological polar surface area (TPSA) is 69.6 Å². The van der Waals surface area contributed by atoms with Gasteiger partial charge in [0.05, 0.1) is 6.04 Å². The van der Waals surface area contributed by atoms with E-state index in [0.717, 1.165) is 0 Å². The van der Waals surface area contributed by atoms with Crippen LogP contribution >= 0.6 is 0 Å². The van der Waals surface area contributed by atoms with Gasteiger partial charge < -0.3 is 15.3 Å². The van der Waals surface area contributed by atoms with Crippen LogP contribution in [-0.4, -0.2) is 41.6 Å². The van der Waals surface area contributed by atoms with Gasteiger partial charge in [-0.15, -0.1) is 0 Å². The van der Waals surface area contributed by atoms with Crippen LogP contribution in [0.25, 0.3) is 0 Å². The summed E-state index contributed by atoms with van der Waals surface area (Å²) in [4.78, 5) is 22.5. The maximum atomic E-state index is 10.9. The Labute approximate surface area is 64.0 Å². The first-order chi connectivity index (χ1) is 5.09. The number of nitrogens with one attached hydrogen (secondary N) is 1. The molecule has 1 fully saturated rings. The standard InChI is InChI=1S/C6H10N2O3/c1-8-3-4(2-5(8)9)7-6(10)11/h4,7H,2-3H2,1H3,(H,10,11)/t4-/m0/s1. The number of hydrogen-bond donors (Lipinski definition) is 2. The van der Waals surface area contributed by atoms with Crippen molar-refractivity contribution in [2.24, 2.45) is 0 Å². The van der Waals surface area contributed by atoms with Gasteiger partial charge in [-0.25, -0.2) is 4.79 Å². The van der Waals surface area contributed by atoms with Gasteiger partial charge in [0, 0.05) is 20.0 Å². The Morgan fingerprint density at radius 2 is 2.45 bits per heavy atom. The lowest BCUT2D eigenvalue weighted by Gasteiger charge is -2.08. The average molecular weight is 158 g/mol. The molecule has 0 aromatic heterocycles. The van der Waals surface area contributed by atoms with Crippen molar-refractivity contribution in [3.63, 3.8) is 0 Å². The van der Waals surface area contributed by atoms with E-state index in [-0.39, 0.29) is 18.4 Å². The second-order valence-corrected chi connectivity index (χ2v) is 2.62. The lowest BCUT2D eigenvalue weighted by atomic mass is 10.3. The zero-order valence-corrected chi connectivity index (χ0v) is 6.20. The van der Waals surface area contributed by atoms with Gasteiger partial charge in [-0.05, 0) is 0 Å². The number of carbonyl (C=O) groups excluding carboxylic acids is 1. The number of hydrogen-bond acceptors (Lipinski definition) is 2. The fraction of sp³-hybridized carbons (Fsp3) is 0.667. The smallest absolute Gasteiger partial charge is 0.404 e. The van der Waals surface area contributed by atoms with Crippen LogP contribution in [0, 0.1) is 0 Å². The monoisotopic (exact) mass is 158 g/mol. The summed E-state index contributed by atoms with van der Waals surface area (Å²) < 4.78 is 0. The molecule has 5 heteroatoms. The zero-order chi connectivity index (χ0) is 8.43. The Bertz CT molecular complexity index is 190. The van der Waals surface area contributed by atoms with Gasteiger partial charge in [0.2, 0.25) is 5.91 Å². The number of carboxylic acid groups (broad SMARTS) is 1. The summed E-state index contributed by atoms with van der Waals surface area (Å²) in [5, 5.41) is 10.6. The number of likely N-dealkylation sites (N-methyl/N-ethyl adjacent to an activating group) is 1. The van der Waals surface area contributed by atoms with Crippen LogP contribution < -0.4 is 5.32 Å². The summed E-state index contributed by atoms with van der Waals surface area (Å²) in [7, 11) is 1.66. The summed E-state index contributed by atoms with van der Waals surface area (Å²) in [5.41, 5.74) is 0. The lowest BCUT2D eigenvalue weighted by molar-refractivity contribution is -0.126. The van der Waals surface area contributed by atoms with Crippen molar-refractivity contribution in [1.82, 2.24) is 10.2 Å². The molecule has 62 valence electrons. The molecule has 1 aliphatic rings. The molecule has 2 amide bonds. The van der Waals surface area contributed by atoms with E-state index < -0.39 is 6.09 Å². The number of amides is 2. The van der Waals surface area contributed by atoms with Gasteiger partial charge in [0.15, 0.2) is 0 Å². The number of carbonyl (C=O) groups is 2. The summed E-state index contributed by atoms with van der Waals surface area (Å²) >= 11 is 0. The Hall–Kier alpha value is -1.26. The largest absolute Gasteiger partial charge is 0.465 e. The molecule has 0 spiro atoms. The molecular formula is C6H10N2O3. The fourth-order valence-electron chi connectivity index (χ4n) is 1.13. The maximum Gasteiger partial charge on any atom is 0.404 e. The Kier molecular flexibility index (Phi) is 1.98. The highest BCUT2D eigenvalue weighted by Crippen LogP contribution is 2.07. The Morgan fingerprint density at radius 3 is 2.82 bits per heavy atom. The first kappa shape index (κ1) is 7.84. The Balaban J connectivity index is 2.41. The number of nitrogens with zero attached hydrogens (tertiary/aromatic N) is 1. The van der Waals surface area contributed by atoms with Gasteiger partial charge in [-0.1, -0.05) is 0 Å². The quantitative estimate of drug-likeness (QED) is 0.539. The van der Waals surface area contributed by atoms with Gasteiger partial charge in [0.25, 0.3) is 0 Å². The van der Waals surface area contributed by atoms with Gasteiger partial charge in [-0.3, -0.25) is 4.79 Å². The van der Waals surface area contributed by atoms with Crippen LogP contribution in [0.15, 0.2) is 0 Å². The van der Waals surface area contributed by atoms with E-state index in [1.54, 1.807) is 7.05 Å². The molecule has 0 bridgehead atoms. The molecule has 11 heavy (non-hydrogen) atoms. The molecule has 0 aromatic carbocycles. The van der Waals surface area contributed by atoms with Crippen molar-refractivity contribution in [1.29, 1.82) is 0 Å². The summed E-state index contributed by atoms with van der Waals surface area (Å²) in [6, 6.07) is -0.231. The molecule has 2 N–H and O–H groups in total. The molecule has 5 nitrogen and oxygen atoms in total. The Morgan fingerprint density at radius 1 is 1.82 bits per heavy atom. The molecular weight excluding hydrogens is 148 g/mol. The van der Waals surface area contributed by atoms with Crippen LogP contribution in [0.1, 0.15) is 6.42 Å². The van der Waals surface area contributed by atoms with Gasteiger partial charge in [0.1, 0.15) is 0 Å². The summed E-state index contributed by atoms with van der Waals surface area (Å²) in [6.07, 6.45) is -0.791. The molecule has 0 aromatic rings. The highest BCUT2D eigenvalue weighted by atomic mass is 16.4. The second kappa shape index (κ2) is 2.77. The van der Waals surface area contributed by atoms with Crippen molar-refractivity contribution < 1.29 is 14.7 Å². The predicted molar refractivity (Wildman–Crippen MR) is 37.2 cm³/mol. The van der Waals surface area contributed by atoms with Crippen molar-refractivity contribution in [3.8, 4) is 0 Å². The first-order valence-corrected chi connectivity index (χ1v) is 3.33. The van der Waals surface area contributed by atoms with E-state index >= 15 is 0 Å². The van der Waals surface area contributed by atoms with E-state index in [4.69, 9.17) is 5.11 Å². The van der Waals surface area contributed by atoms with Gasteiger partial charge >= 0.3 is 6.09 Å². The third kappa shape index (κ3) is 1.83. The van der Waals surface area contributed by atoms with Crippen molar-refractivity contribution in [2.75, 3.05) is 13.6 Å². The zero-order valence-electron chi connectivity index (χ0n) is 6.20. The van der Waals surface area contributed by atoms with Crippen molar-refractivity contribution in [2.45, 2.75) is 12.5 Å². The number of likely N-dealkylation sites (tertiary alicyclic amines) is 1. The molecule has 0 unspecified atom stereocenters. The molecule has 1 heterocycles. The van der Waals surface area contributed by atoms with Crippen molar-refractivity contribution in [3.05, 3.63) is 0 Å². The normalized spacial score (nSPS) is 23.9. The highest BCUT2D eigenvalue weighted by molar-refractivity contribution is 5.80. The van der Waals surface area contributed by atoms with E-state index in [9.17, 15) is 9.59 Å². The van der Waals surface area contributed by atoms with Crippen molar-refractivity contribution >= 4 is 12.0 Å². The summed E-state index contributed by atoms with van der Waals surface area (Å²) in [5.74, 6) is -0.0104. The van der Waals surface area contributed by atoms with Crippen LogP contribution in [0.2, 0.25) is 0 Å². The average Bonchev–Trinajstić information content (AvgIpc) is 2.10. The summed E-state index contributed by atoms with van der Waals surface area (Å²) in [6.45, 7) is 0.477. The first-order valence-electron chi connectivity index (χ1n) is 3.33.